The monoisotopic (exact) mass is 254 g/mol. The van der Waals surface area contributed by atoms with Gasteiger partial charge in [0.25, 0.3) is 0 Å². The van der Waals surface area contributed by atoms with E-state index in [0.29, 0.717) is 6.04 Å². The third-order valence-corrected chi connectivity index (χ3v) is 3.02. The molecule has 1 atom stereocenters. The lowest BCUT2D eigenvalue weighted by Crippen LogP contribution is -2.37. The van der Waals surface area contributed by atoms with Crippen molar-refractivity contribution >= 4 is 0 Å². The number of furan rings is 1. The molecule has 1 N–H and O–H groups in total. The number of likely N-dealkylation sites (N-methyl/N-ethyl adjacent to an activating group) is 1. The number of nitrogens with one attached hydrogen (secondary N) is 1. The molecule has 0 bridgehead atoms. The van der Waals surface area contributed by atoms with Crippen molar-refractivity contribution in [3.8, 4) is 0 Å². The topological polar surface area (TPSA) is 37.6 Å². The maximum absolute atomic E-state index is 5.35. The van der Waals surface area contributed by atoms with Gasteiger partial charge in [0, 0.05) is 25.8 Å². The first-order chi connectivity index (χ1) is 8.74. The molecule has 0 aliphatic rings. The van der Waals surface area contributed by atoms with Crippen LogP contribution in [0.1, 0.15) is 26.0 Å². The maximum atomic E-state index is 5.35. The molecule has 4 nitrogen and oxygen atoms in total. The second kappa shape index (κ2) is 9.14. The van der Waals surface area contributed by atoms with Crippen molar-refractivity contribution in [2.75, 3.05) is 33.4 Å². The van der Waals surface area contributed by atoms with Gasteiger partial charge in [0.15, 0.2) is 0 Å². The first kappa shape index (κ1) is 15.2. The van der Waals surface area contributed by atoms with Crippen LogP contribution in [0, 0.1) is 0 Å². The van der Waals surface area contributed by atoms with Gasteiger partial charge < -0.3 is 14.5 Å². The first-order valence-corrected chi connectivity index (χ1v) is 6.75. The smallest absolute Gasteiger partial charge is 0.117 e. The molecule has 0 saturated carbocycles. The van der Waals surface area contributed by atoms with Gasteiger partial charge in [0.05, 0.1) is 12.8 Å². The van der Waals surface area contributed by atoms with Crippen molar-refractivity contribution in [2.45, 2.75) is 32.9 Å². The zero-order valence-corrected chi connectivity index (χ0v) is 11.8. The molecular weight excluding hydrogens is 228 g/mol. The summed E-state index contributed by atoms with van der Waals surface area (Å²) in [6.45, 7) is 8.76. The summed E-state index contributed by atoms with van der Waals surface area (Å²) in [5.41, 5.74) is 0. The fourth-order valence-electron chi connectivity index (χ4n) is 1.71. The molecule has 1 aromatic heterocycles. The Morgan fingerprint density at radius 1 is 1.50 bits per heavy atom. The van der Waals surface area contributed by atoms with Crippen molar-refractivity contribution < 1.29 is 9.15 Å². The molecule has 4 heteroatoms. The third-order valence-electron chi connectivity index (χ3n) is 3.02. The van der Waals surface area contributed by atoms with Crippen LogP contribution in [-0.2, 0) is 11.3 Å². The fourth-order valence-corrected chi connectivity index (χ4v) is 1.71. The van der Waals surface area contributed by atoms with Gasteiger partial charge in [-0.15, -0.1) is 0 Å². The van der Waals surface area contributed by atoms with Gasteiger partial charge in [-0.05, 0) is 46.0 Å². The number of hydrogen-bond donors (Lipinski definition) is 1. The molecule has 0 spiro atoms. The standard InChI is InChI=1S/C14H26N2O2/c1-4-17-9-6-8-15-11-13(2)16(3)12-14-7-5-10-18-14/h5,7,10,13,15H,4,6,8-9,11-12H2,1-3H3. The van der Waals surface area contributed by atoms with Gasteiger partial charge >= 0.3 is 0 Å². The van der Waals surface area contributed by atoms with Crippen LogP contribution in [0.25, 0.3) is 0 Å². The Hall–Kier alpha value is -0.840. The molecule has 0 radical (unpaired) electrons. The predicted molar refractivity (Wildman–Crippen MR) is 73.6 cm³/mol. The molecule has 1 aromatic rings. The second-order valence-electron chi connectivity index (χ2n) is 4.60. The van der Waals surface area contributed by atoms with E-state index in [1.807, 2.05) is 19.1 Å². The molecular formula is C14H26N2O2. The van der Waals surface area contributed by atoms with Crippen LogP contribution in [0.5, 0.6) is 0 Å². The summed E-state index contributed by atoms with van der Waals surface area (Å²) in [5.74, 6) is 1.01. The van der Waals surface area contributed by atoms with E-state index in [9.17, 15) is 0 Å². The van der Waals surface area contributed by atoms with E-state index in [0.717, 1.165) is 45.0 Å². The van der Waals surface area contributed by atoms with E-state index in [1.165, 1.54) is 0 Å². The Morgan fingerprint density at radius 2 is 2.33 bits per heavy atom. The van der Waals surface area contributed by atoms with Crippen molar-refractivity contribution in [3.63, 3.8) is 0 Å². The molecule has 0 fully saturated rings. The summed E-state index contributed by atoms with van der Waals surface area (Å²) < 4.78 is 10.6. The summed E-state index contributed by atoms with van der Waals surface area (Å²) in [6, 6.07) is 4.43. The SMILES string of the molecule is CCOCCCNCC(C)N(C)Cc1ccco1. The minimum atomic E-state index is 0.488. The van der Waals surface area contributed by atoms with Crippen LogP contribution < -0.4 is 5.32 Å². The summed E-state index contributed by atoms with van der Waals surface area (Å²) >= 11 is 0. The zero-order chi connectivity index (χ0) is 13.2. The van der Waals surface area contributed by atoms with Crippen molar-refractivity contribution in [1.29, 1.82) is 0 Å². The van der Waals surface area contributed by atoms with E-state index in [4.69, 9.17) is 9.15 Å². The summed E-state index contributed by atoms with van der Waals surface area (Å²) in [4.78, 5) is 2.29. The number of nitrogens with zero attached hydrogens (tertiary/aromatic N) is 1. The van der Waals surface area contributed by atoms with Crippen LogP contribution in [0.3, 0.4) is 0 Å². The van der Waals surface area contributed by atoms with Crippen molar-refractivity contribution in [1.82, 2.24) is 10.2 Å². The zero-order valence-electron chi connectivity index (χ0n) is 11.8. The van der Waals surface area contributed by atoms with Crippen LogP contribution >= 0.6 is 0 Å². The lowest BCUT2D eigenvalue weighted by Gasteiger charge is -2.24. The highest BCUT2D eigenvalue weighted by molar-refractivity contribution is 4.97. The van der Waals surface area contributed by atoms with Crippen LogP contribution in [-0.4, -0.2) is 44.3 Å². The average Bonchev–Trinajstić information content (AvgIpc) is 2.86. The number of rotatable bonds is 10. The van der Waals surface area contributed by atoms with Gasteiger partial charge in [-0.2, -0.15) is 0 Å². The minimum Gasteiger partial charge on any atom is -0.468 e. The van der Waals surface area contributed by atoms with Gasteiger partial charge in [-0.25, -0.2) is 0 Å². The van der Waals surface area contributed by atoms with E-state index >= 15 is 0 Å². The number of hydrogen-bond acceptors (Lipinski definition) is 4. The molecule has 1 unspecified atom stereocenters. The van der Waals surface area contributed by atoms with Gasteiger partial charge in [0.1, 0.15) is 5.76 Å². The highest BCUT2D eigenvalue weighted by Crippen LogP contribution is 2.06. The number of ether oxygens (including phenoxy) is 1. The van der Waals surface area contributed by atoms with E-state index in [-0.39, 0.29) is 0 Å². The Kier molecular flexibility index (Phi) is 7.73. The minimum absolute atomic E-state index is 0.488. The lowest BCUT2D eigenvalue weighted by molar-refractivity contribution is 0.144. The van der Waals surface area contributed by atoms with Crippen molar-refractivity contribution in [3.05, 3.63) is 24.2 Å². The highest BCUT2D eigenvalue weighted by atomic mass is 16.5. The summed E-state index contributed by atoms with van der Waals surface area (Å²) in [7, 11) is 2.12. The Labute approximate surface area is 110 Å². The summed E-state index contributed by atoms with van der Waals surface area (Å²) in [6.07, 6.45) is 2.79. The molecule has 104 valence electrons. The molecule has 0 saturated heterocycles. The molecule has 0 aromatic carbocycles. The van der Waals surface area contributed by atoms with Gasteiger partial charge in [-0.3, -0.25) is 4.90 Å². The van der Waals surface area contributed by atoms with Gasteiger partial charge in [0.2, 0.25) is 0 Å². The van der Waals surface area contributed by atoms with Crippen LogP contribution in [0.15, 0.2) is 22.8 Å². The molecule has 0 amide bonds. The van der Waals surface area contributed by atoms with Crippen LogP contribution in [0.4, 0.5) is 0 Å². The highest BCUT2D eigenvalue weighted by Gasteiger charge is 2.10. The largest absolute Gasteiger partial charge is 0.468 e. The lowest BCUT2D eigenvalue weighted by atomic mass is 10.2. The average molecular weight is 254 g/mol. The second-order valence-corrected chi connectivity index (χ2v) is 4.60. The molecule has 1 heterocycles. The molecule has 18 heavy (non-hydrogen) atoms. The maximum Gasteiger partial charge on any atom is 0.117 e. The normalized spacial score (nSPS) is 13.1. The molecule has 0 aliphatic carbocycles. The Balaban J connectivity index is 2.06. The van der Waals surface area contributed by atoms with E-state index in [1.54, 1.807) is 6.26 Å². The van der Waals surface area contributed by atoms with Crippen LogP contribution in [0.2, 0.25) is 0 Å². The fraction of sp³-hybridized carbons (Fsp3) is 0.714. The quantitative estimate of drug-likeness (QED) is 0.649. The first-order valence-electron chi connectivity index (χ1n) is 6.75. The Morgan fingerprint density at radius 3 is 3.00 bits per heavy atom. The van der Waals surface area contributed by atoms with E-state index < -0.39 is 0 Å². The third kappa shape index (κ3) is 6.19. The summed E-state index contributed by atoms with van der Waals surface area (Å²) in [5, 5.41) is 3.45. The van der Waals surface area contributed by atoms with Gasteiger partial charge in [-0.1, -0.05) is 0 Å². The molecule has 0 aliphatic heterocycles. The molecule has 1 rings (SSSR count). The van der Waals surface area contributed by atoms with E-state index in [2.05, 4.69) is 24.2 Å². The predicted octanol–water partition coefficient (Wildman–Crippen LogP) is 2.12. The van der Waals surface area contributed by atoms with Crippen molar-refractivity contribution in [2.24, 2.45) is 0 Å². The Bertz CT molecular complexity index is 288.